The molecular weight excluding hydrogens is 239 g/mol. The van der Waals surface area contributed by atoms with Crippen LogP contribution in [-0.4, -0.2) is 62.3 Å². The molecule has 16 heavy (non-hydrogen) atoms. The Morgan fingerprint density at radius 2 is 1.69 bits per heavy atom. The summed E-state index contributed by atoms with van der Waals surface area (Å²) in [5, 5.41) is 27.7. The molecule has 1 rings (SSSR count). The summed E-state index contributed by atoms with van der Waals surface area (Å²) < 4.78 is 15.7. The van der Waals surface area contributed by atoms with Gasteiger partial charge in [-0.1, -0.05) is 0 Å². The van der Waals surface area contributed by atoms with E-state index in [0.29, 0.717) is 0 Å². The van der Waals surface area contributed by atoms with E-state index in [0.717, 1.165) is 0 Å². The van der Waals surface area contributed by atoms with Gasteiger partial charge in [-0.2, -0.15) is 0 Å². The molecule has 1 heterocycles. The first-order chi connectivity index (χ1) is 7.35. The third-order valence-electron chi connectivity index (χ3n) is 2.58. The second-order valence-corrected chi connectivity index (χ2v) is 5.68. The Kier molecular flexibility index (Phi) is 4.88. The minimum absolute atomic E-state index is 0.191. The van der Waals surface area contributed by atoms with Gasteiger partial charge >= 0.3 is 7.60 Å². The summed E-state index contributed by atoms with van der Waals surface area (Å²) in [6, 6.07) is 0. The van der Waals surface area contributed by atoms with Crippen molar-refractivity contribution in [2.45, 2.75) is 37.3 Å². The molecule has 1 fully saturated rings. The topological polar surface area (TPSA) is 127 Å². The van der Waals surface area contributed by atoms with E-state index < -0.39 is 38.6 Å². The van der Waals surface area contributed by atoms with Crippen LogP contribution in [-0.2, 0) is 9.30 Å². The number of hydrogen-bond acceptors (Lipinski definition) is 5. The van der Waals surface area contributed by atoms with E-state index in [-0.39, 0.29) is 19.0 Å². The maximum Gasteiger partial charge on any atom is 0.325 e. The van der Waals surface area contributed by atoms with Crippen LogP contribution in [0.1, 0.15) is 12.8 Å². The van der Waals surface area contributed by atoms with Gasteiger partial charge < -0.3 is 29.8 Å². The van der Waals surface area contributed by atoms with E-state index in [4.69, 9.17) is 19.6 Å². The van der Waals surface area contributed by atoms with E-state index >= 15 is 0 Å². The quantitative estimate of drug-likeness (QED) is 0.376. The molecule has 96 valence electrons. The Morgan fingerprint density at radius 1 is 1.12 bits per heavy atom. The van der Waals surface area contributed by atoms with Crippen molar-refractivity contribution < 1.29 is 34.4 Å². The van der Waals surface area contributed by atoms with Crippen LogP contribution in [0.2, 0.25) is 0 Å². The highest BCUT2D eigenvalue weighted by Gasteiger charge is 2.41. The molecule has 8 heteroatoms. The van der Waals surface area contributed by atoms with Gasteiger partial charge in [0.2, 0.25) is 0 Å². The predicted molar refractivity (Wildman–Crippen MR) is 53.9 cm³/mol. The molecule has 0 radical (unpaired) electrons. The fourth-order valence-electron chi connectivity index (χ4n) is 1.71. The molecule has 0 amide bonds. The highest BCUT2D eigenvalue weighted by atomic mass is 31.2. The van der Waals surface area contributed by atoms with E-state index in [1.165, 1.54) is 0 Å². The lowest BCUT2D eigenvalue weighted by atomic mass is 10.1. The number of rotatable bonds is 5. The molecule has 1 aliphatic rings. The summed E-state index contributed by atoms with van der Waals surface area (Å²) in [6.07, 6.45) is -3.62. The third-order valence-corrected chi connectivity index (χ3v) is 3.48. The minimum Gasteiger partial charge on any atom is -0.394 e. The molecular formula is C8H17O7P. The van der Waals surface area contributed by atoms with Crippen LogP contribution in [0, 0.1) is 0 Å². The third kappa shape index (κ3) is 3.78. The van der Waals surface area contributed by atoms with Crippen molar-refractivity contribution in [3.8, 4) is 0 Å². The monoisotopic (exact) mass is 256 g/mol. The van der Waals surface area contributed by atoms with Gasteiger partial charge in [-0.25, -0.2) is 0 Å². The Balaban J connectivity index is 2.36. The SMILES string of the molecule is O=P(O)(O)CCC[C@@H]1O[C@H](CO)[C@@H](O)[C@@H]1O. The number of hydrogen-bond donors (Lipinski definition) is 5. The van der Waals surface area contributed by atoms with E-state index in [1.807, 2.05) is 0 Å². The molecule has 1 saturated heterocycles. The average molecular weight is 256 g/mol. The van der Waals surface area contributed by atoms with Gasteiger partial charge in [-0.15, -0.1) is 0 Å². The zero-order valence-electron chi connectivity index (χ0n) is 8.64. The molecule has 0 spiro atoms. The lowest BCUT2D eigenvalue weighted by molar-refractivity contribution is -0.0241. The van der Waals surface area contributed by atoms with Gasteiger partial charge in [0.05, 0.1) is 12.7 Å². The summed E-state index contributed by atoms with van der Waals surface area (Å²) in [6.45, 7) is -0.396. The Labute approximate surface area is 92.8 Å². The number of ether oxygens (including phenoxy) is 1. The van der Waals surface area contributed by atoms with Crippen molar-refractivity contribution in [3.05, 3.63) is 0 Å². The largest absolute Gasteiger partial charge is 0.394 e. The molecule has 0 aromatic rings. The molecule has 0 bridgehead atoms. The summed E-state index contributed by atoms with van der Waals surface area (Å²) in [4.78, 5) is 17.3. The zero-order chi connectivity index (χ0) is 12.3. The molecule has 0 aliphatic carbocycles. The van der Waals surface area contributed by atoms with Gasteiger partial charge in [-0.05, 0) is 12.8 Å². The average Bonchev–Trinajstić information content (AvgIpc) is 2.44. The lowest BCUT2D eigenvalue weighted by Gasteiger charge is -2.14. The summed E-state index contributed by atoms with van der Waals surface area (Å²) in [5.74, 6) is 0. The zero-order valence-corrected chi connectivity index (χ0v) is 9.53. The van der Waals surface area contributed by atoms with Crippen LogP contribution >= 0.6 is 7.60 Å². The molecule has 0 saturated carbocycles. The molecule has 0 aromatic heterocycles. The lowest BCUT2D eigenvalue weighted by Crippen LogP contribution is -2.33. The van der Waals surface area contributed by atoms with Gasteiger partial charge in [0.25, 0.3) is 0 Å². The molecule has 0 unspecified atom stereocenters. The number of aliphatic hydroxyl groups excluding tert-OH is 3. The smallest absolute Gasteiger partial charge is 0.325 e. The maximum absolute atomic E-state index is 10.6. The summed E-state index contributed by atoms with van der Waals surface area (Å²) >= 11 is 0. The second-order valence-electron chi connectivity index (χ2n) is 3.91. The fraction of sp³-hybridized carbons (Fsp3) is 1.00. The van der Waals surface area contributed by atoms with E-state index in [2.05, 4.69) is 0 Å². The normalized spacial score (nSPS) is 35.6. The van der Waals surface area contributed by atoms with Crippen LogP contribution < -0.4 is 0 Å². The van der Waals surface area contributed by atoms with Gasteiger partial charge in [0.1, 0.15) is 18.3 Å². The predicted octanol–water partition coefficient (Wildman–Crippen LogP) is -1.57. The van der Waals surface area contributed by atoms with Crippen LogP contribution in [0.4, 0.5) is 0 Å². The van der Waals surface area contributed by atoms with Crippen molar-refractivity contribution in [3.63, 3.8) is 0 Å². The van der Waals surface area contributed by atoms with Crippen molar-refractivity contribution in [2.75, 3.05) is 12.8 Å². The van der Waals surface area contributed by atoms with Crippen molar-refractivity contribution >= 4 is 7.60 Å². The van der Waals surface area contributed by atoms with Crippen LogP contribution in [0.25, 0.3) is 0 Å². The molecule has 0 aromatic carbocycles. The number of aliphatic hydroxyl groups is 3. The highest BCUT2D eigenvalue weighted by Crippen LogP contribution is 2.36. The molecule has 5 N–H and O–H groups in total. The first-order valence-corrected chi connectivity index (χ1v) is 6.82. The Bertz CT molecular complexity index is 265. The summed E-state index contributed by atoms with van der Waals surface area (Å²) in [7, 11) is -4.03. The second kappa shape index (κ2) is 5.55. The molecule has 1 aliphatic heterocycles. The van der Waals surface area contributed by atoms with Gasteiger partial charge in [-0.3, -0.25) is 4.57 Å². The maximum atomic E-state index is 10.6. The fourth-order valence-corrected chi connectivity index (χ4v) is 2.31. The minimum atomic E-state index is -4.03. The Hall–Kier alpha value is -0.0100. The van der Waals surface area contributed by atoms with Crippen molar-refractivity contribution in [1.29, 1.82) is 0 Å². The van der Waals surface area contributed by atoms with Crippen molar-refractivity contribution in [1.82, 2.24) is 0 Å². The van der Waals surface area contributed by atoms with Crippen molar-refractivity contribution in [2.24, 2.45) is 0 Å². The standard InChI is InChI=1S/C8H17O7P/c9-4-6-8(11)7(10)5(15-6)2-1-3-16(12,13)14/h5-11H,1-4H2,(H2,12,13,14)/t5-,6+,7+,8+/m0/s1. The highest BCUT2D eigenvalue weighted by molar-refractivity contribution is 7.51. The first-order valence-electron chi connectivity index (χ1n) is 5.02. The molecule has 7 nitrogen and oxygen atoms in total. The van der Waals surface area contributed by atoms with Gasteiger partial charge in [0, 0.05) is 6.16 Å². The van der Waals surface area contributed by atoms with Crippen LogP contribution in [0.5, 0.6) is 0 Å². The molecule has 4 atom stereocenters. The van der Waals surface area contributed by atoms with E-state index in [9.17, 15) is 14.8 Å². The van der Waals surface area contributed by atoms with E-state index in [1.54, 1.807) is 0 Å². The van der Waals surface area contributed by atoms with Gasteiger partial charge in [0.15, 0.2) is 0 Å². The summed E-state index contributed by atoms with van der Waals surface area (Å²) in [5.41, 5.74) is 0. The first kappa shape index (κ1) is 14.1. The Morgan fingerprint density at radius 3 is 2.12 bits per heavy atom. The van der Waals surface area contributed by atoms with Crippen LogP contribution in [0.15, 0.2) is 0 Å². The van der Waals surface area contributed by atoms with Crippen LogP contribution in [0.3, 0.4) is 0 Å².